The summed E-state index contributed by atoms with van der Waals surface area (Å²) < 4.78 is 32.9. The van der Waals surface area contributed by atoms with Gasteiger partial charge in [-0.2, -0.15) is 0 Å². The molecule has 0 spiro atoms. The fourth-order valence-electron chi connectivity index (χ4n) is 3.15. The van der Waals surface area contributed by atoms with E-state index >= 15 is 0 Å². The molecule has 0 fully saturated rings. The summed E-state index contributed by atoms with van der Waals surface area (Å²) in [5.41, 5.74) is 0.997. The van der Waals surface area contributed by atoms with Crippen LogP contribution in [0.4, 0.5) is 8.78 Å². The monoisotopic (exact) mass is 414 g/mol. The predicted octanol–water partition coefficient (Wildman–Crippen LogP) is 6.22. The standard InChI is InChI=1S/C26H16F2O3/c27-20-9-3-6-17(14-20)25(29)19-8-5-11-22(16-19)31-24-13-2-1-12-23(24)26(30)18-7-4-10-21(28)15-18/h1-16H. The molecule has 0 aliphatic heterocycles. The van der Waals surface area contributed by atoms with Crippen LogP contribution in [0.15, 0.2) is 97.1 Å². The summed E-state index contributed by atoms with van der Waals surface area (Å²) in [7, 11) is 0. The lowest BCUT2D eigenvalue weighted by molar-refractivity contribution is 0.102. The molecule has 0 unspecified atom stereocenters. The summed E-state index contributed by atoms with van der Waals surface area (Å²) in [6.07, 6.45) is 0. The molecule has 0 saturated carbocycles. The van der Waals surface area contributed by atoms with Crippen LogP contribution in [0.1, 0.15) is 31.8 Å². The Kier molecular flexibility index (Phi) is 5.67. The van der Waals surface area contributed by atoms with Gasteiger partial charge in [0.15, 0.2) is 11.6 Å². The van der Waals surface area contributed by atoms with Gasteiger partial charge in [0, 0.05) is 16.7 Å². The molecule has 0 aliphatic rings. The number of hydrogen-bond donors (Lipinski definition) is 0. The molecule has 0 aliphatic carbocycles. The van der Waals surface area contributed by atoms with Crippen molar-refractivity contribution in [2.24, 2.45) is 0 Å². The van der Waals surface area contributed by atoms with Crippen molar-refractivity contribution in [3.8, 4) is 11.5 Å². The third-order valence-electron chi connectivity index (χ3n) is 4.63. The first kappa shape index (κ1) is 20.2. The van der Waals surface area contributed by atoms with Crippen LogP contribution in [0, 0.1) is 11.6 Å². The highest BCUT2D eigenvalue weighted by molar-refractivity contribution is 6.11. The zero-order chi connectivity index (χ0) is 21.8. The molecule has 4 aromatic rings. The molecule has 0 N–H and O–H groups in total. The quantitative estimate of drug-likeness (QED) is 0.352. The topological polar surface area (TPSA) is 43.4 Å². The molecule has 0 amide bonds. The first-order valence-electron chi connectivity index (χ1n) is 9.49. The van der Waals surface area contributed by atoms with Crippen LogP contribution in [0.2, 0.25) is 0 Å². The maximum Gasteiger partial charge on any atom is 0.196 e. The molecular formula is C26H16F2O3. The number of carbonyl (C=O) groups is 2. The number of rotatable bonds is 6. The highest BCUT2D eigenvalue weighted by atomic mass is 19.1. The van der Waals surface area contributed by atoms with Crippen molar-refractivity contribution in [1.29, 1.82) is 0 Å². The van der Waals surface area contributed by atoms with E-state index in [4.69, 9.17) is 4.74 Å². The van der Waals surface area contributed by atoms with E-state index in [1.54, 1.807) is 42.5 Å². The van der Waals surface area contributed by atoms with Gasteiger partial charge in [0.1, 0.15) is 23.1 Å². The Bertz CT molecular complexity index is 1280. The molecule has 5 heteroatoms. The van der Waals surface area contributed by atoms with Crippen molar-refractivity contribution >= 4 is 11.6 Å². The molecule has 0 atom stereocenters. The highest BCUT2D eigenvalue weighted by Gasteiger charge is 2.16. The van der Waals surface area contributed by atoms with E-state index in [0.29, 0.717) is 11.3 Å². The second-order valence-corrected chi connectivity index (χ2v) is 6.80. The normalized spacial score (nSPS) is 10.5. The first-order valence-corrected chi connectivity index (χ1v) is 9.49. The molecule has 0 bridgehead atoms. The minimum absolute atomic E-state index is 0.200. The maximum atomic E-state index is 13.5. The number of benzene rings is 4. The zero-order valence-corrected chi connectivity index (χ0v) is 16.2. The van der Waals surface area contributed by atoms with E-state index in [-0.39, 0.29) is 34.0 Å². The van der Waals surface area contributed by atoms with Gasteiger partial charge in [0.2, 0.25) is 0 Å². The molecule has 3 nitrogen and oxygen atoms in total. The summed E-state index contributed by atoms with van der Waals surface area (Å²) in [4.78, 5) is 25.5. The van der Waals surface area contributed by atoms with Gasteiger partial charge in [-0.3, -0.25) is 9.59 Å². The second-order valence-electron chi connectivity index (χ2n) is 6.80. The first-order chi connectivity index (χ1) is 15.0. The molecule has 0 heterocycles. The van der Waals surface area contributed by atoms with Crippen molar-refractivity contribution in [3.05, 3.63) is 131 Å². The lowest BCUT2D eigenvalue weighted by Crippen LogP contribution is -2.05. The molecule has 4 aromatic carbocycles. The summed E-state index contributed by atoms with van der Waals surface area (Å²) in [6, 6.07) is 23.9. The average Bonchev–Trinajstić information content (AvgIpc) is 2.79. The fraction of sp³-hybridized carbons (Fsp3) is 0. The number of ketones is 2. The largest absolute Gasteiger partial charge is 0.457 e. The molecule has 4 rings (SSSR count). The minimum Gasteiger partial charge on any atom is -0.457 e. The Labute approximate surface area is 177 Å². The van der Waals surface area contributed by atoms with E-state index in [9.17, 15) is 18.4 Å². The van der Waals surface area contributed by atoms with E-state index in [1.165, 1.54) is 48.5 Å². The predicted molar refractivity (Wildman–Crippen MR) is 113 cm³/mol. The van der Waals surface area contributed by atoms with Gasteiger partial charge in [0.05, 0.1) is 5.56 Å². The smallest absolute Gasteiger partial charge is 0.196 e. The summed E-state index contributed by atoms with van der Waals surface area (Å²) >= 11 is 0. The molecular weight excluding hydrogens is 398 g/mol. The van der Waals surface area contributed by atoms with Gasteiger partial charge in [0.25, 0.3) is 0 Å². The summed E-state index contributed by atoms with van der Waals surface area (Å²) in [5, 5.41) is 0. The Morgan fingerprint density at radius 3 is 1.77 bits per heavy atom. The summed E-state index contributed by atoms with van der Waals surface area (Å²) in [5.74, 6) is -1.14. The average molecular weight is 414 g/mol. The lowest BCUT2D eigenvalue weighted by atomic mass is 10.0. The van der Waals surface area contributed by atoms with Crippen LogP contribution in [0.3, 0.4) is 0 Å². The van der Waals surface area contributed by atoms with Crippen LogP contribution in [0.25, 0.3) is 0 Å². The van der Waals surface area contributed by atoms with Gasteiger partial charge in [-0.05, 0) is 48.5 Å². The van der Waals surface area contributed by atoms with E-state index in [0.717, 1.165) is 6.07 Å². The molecule has 0 saturated heterocycles. The van der Waals surface area contributed by atoms with E-state index in [1.807, 2.05) is 0 Å². The van der Waals surface area contributed by atoms with Crippen molar-refractivity contribution in [2.45, 2.75) is 0 Å². The number of halogens is 2. The minimum atomic E-state index is -0.507. The third kappa shape index (κ3) is 4.56. The number of carbonyl (C=O) groups excluding carboxylic acids is 2. The van der Waals surface area contributed by atoms with Crippen molar-refractivity contribution in [2.75, 3.05) is 0 Å². The van der Waals surface area contributed by atoms with Crippen LogP contribution >= 0.6 is 0 Å². The van der Waals surface area contributed by atoms with Crippen molar-refractivity contribution in [3.63, 3.8) is 0 Å². The fourth-order valence-corrected chi connectivity index (χ4v) is 3.15. The highest BCUT2D eigenvalue weighted by Crippen LogP contribution is 2.28. The van der Waals surface area contributed by atoms with Crippen molar-refractivity contribution in [1.82, 2.24) is 0 Å². The molecule has 0 radical (unpaired) electrons. The maximum absolute atomic E-state index is 13.5. The second kappa shape index (κ2) is 8.71. The summed E-state index contributed by atoms with van der Waals surface area (Å²) in [6.45, 7) is 0. The van der Waals surface area contributed by atoms with E-state index < -0.39 is 11.6 Å². The van der Waals surface area contributed by atoms with Gasteiger partial charge < -0.3 is 4.74 Å². The van der Waals surface area contributed by atoms with Crippen LogP contribution in [0.5, 0.6) is 11.5 Å². The number of para-hydroxylation sites is 1. The van der Waals surface area contributed by atoms with Gasteiger partial charge in [-0.25, -0.2) is 8.78 Å². The molecule has 152 valence electrons. The van der Waals surface area contributed by atoms with Crippen LogP contribution in [-0.2, 0) is 0 Å². The van der Waals surface area contributed by atoms with Gasteiger partial charge in [-0.15, -0.1) is 0 Å². The zero-order valence-electron chi connectivity index (χ0n) is 16.2. The lowest BCUT2D eigenvalue weighted by Gasteiger charge is -2.11. The molecule has 0 aromatic heterocycles. The van der Waals surface area contributed by atoms with Gasteiger partial charge >= 0.3 is 0 Å². The Hall–Kier alpha value is -4.12. The SMILES string of the molecule is O=C(c1cccc(F)c1)c1cccc(Oc2ccccc2C(=O)c2cccc(F)c2)c1. The number of hydrogen-bond acceptors (Lipinski definition) is 3. The van der Waals surface area contributed by atoms with E-state index in [2.05, 4.69) is 0 Å². The Balaban J connectivity index is 1.63. The van der Waals surface area contributed by atoms with Crippen molar-refractivity contribution < 1.29 is 23.1 Å². The van der Waals surface area contributed by atoms with Crippen LogP contribution < -0.4 is 4.74 Å². The Morgan fingerprint density at radius 1 is 0.581 bits per heavy atom. The van der Waals surface area contributed by atoms with Gasteiger partial charge in [-0.1, -0.05) is 48.5 Å². The van der Waals surface area contributed by atoms with Crippen LogP contribution in [-0.4, -0.2) is 11.6 Å². The molecule has 31 heavy (non-hydrogen) atoms. The number of ether oxygens (including phenoxy) is 1. The third-order valence-corrected chi connectivity index (χ3v) is 4.63. The Morgan fingerprint density at radius 2 is 1.13 bits per heavy atom.